The van der Waals surface area contributed by atoms with Gasteiger partial charge in [0.2, 0.25) is 5.91 Å². The molecule has 3 aliphatic rings. The molecule has 1 aromatic rings. The molecule has 1 saturated heterocycles. The molecule has 6 nitrogen and oxygen atoms in total. The lowest BCUT2D eigenvalue weighted by atomic mass is 9.86. The summed E-state index contributed by atoms with van der Waals surface area (Å²) in [4.78, 5) is 30.4. The lowest BCUT2D eigenvalue weighted by molar-refractivity contribution is -0.123. The van der Waals surface area contributed by atoms with Crippen LogP contribution in [0.15, 0.2) is 18.2 Å². The smallest absolute Gasteiger partial charge is 0.258 e. The van der Waals surface area contributed by atoms with Crippen LogP contribution in [0.4, 0.5) is 0 Å². The van der Waals surface area contributed by atoms with Crippen LogP contribution >= 0.6 is 0 Å². The monoisotopic (exact) mass is 413 g/mol. The Morgan fingerprint density at radius 2 is 1.97 bits per heavy atom. The van der Waals surface area contributed by atoms with E-state index in [1.165, 1.54) is 6.42 Å². The Balaban J connectivity index is 1.55. The second-order valence-electron chi connectivity index (χ2n) is 9.68. The van der Waals surface area contributed by atoms with E-state index in [1.54, 1.807) is 4.90 Å². The zero-order chi connectivity index (χ0) is 21.3. The van der Waals surface area contributed by atoms with Gasteiger partial charge in [-0.1, -0.05) is 31.4 Å². The number of nitrogens with zero attached hydrogens (tertiary/aromatic N) is 2. The third kappa shape index (κ3) is 4.48. The van der Waals surface area contributed by atoms with E-state index < -0.39 is 5.60 Å². The van der Waals surface area contributed by atoms with Crippen molar-refractivity contribution in [3.8, 4) is 5.75 Å². The Morgan fingerprint density at radius 3 is 2.70 bits per heavy atom. The number of nitrogens with one attached hydrogen (secondary N) is 1. The highest BCUT2D eigenvalue weighted by atomic mass is 16.5. The van der Waals surface area contributed by atoms with Crippen LogP contribution in [-0.2, 0) is 4.79 Å². The summed E-state index contributed by atoms with van der Waals surface area (Å²) in [7, 11) is 2.11. The molecular formula is C24H35N3O3. The van der Waals surface area contributed by atoms with Crippen LogP contribution < -0.4 is 10.1 Å². The Bertz CT molecular complexity index is 801. The van der Waals surface area contributed by atoms with Crippen LogP contribution in [0, 0.1) is 12.8 Å². The van der Waals surface area contributed by atoms with Crippen LogP contribution in [0.5, 0.6) is 5.75 Å². The highest BCUT2D eigenvalue weighted by Crippen LogP contribution is 2.35. The molecule has 1 N–H and O–H groups in total. The Hall–Kier alpha value is -2.08. The van der Waals surface area contributed by atoms with Gasteiger partial charge < -0.3 is 19.9 Å². The fraction of sp³-hybridized carbons (Fsp3) is 0.667. The van der Waals surface area contributed by atoms with Crippen molar-refractivity contribution in [2.24, 2.45) is 5.92 Å². The van der Waals surface area contributed by atoms with Gasteiger partial charge in [0, 0.05) is 32.0 Å². The molecule has 2 atom stereocenters. The quantitative estimate of drug-likeness (QED) is 0.828. The van der Waals surface area contributed by atoms with Crippen molar-refractivity contribution in [1.29, 1.82) is 0 Å². The number of hydrogen-bond acceptors (Lipinski definition) is 4. The third-order valence-electron chi connectivity index (χ3n) is 7.15. The largest absolute Gasteiger partial charge is 0.484 e. The zero-order valence-corrected chi connectivity index (χ0v) is 18.6. The molecule has 2 fully saturated rings. The van der Waals surface area contributed by atoms with Crippen molar-refractivity contribution < 1.29 is 14.3 Å². The minimum Gasteiger partial charge on any atom is -0.484 e. The average molecular weight is 414 g/mol. The lowest BCUT2D eigenvalue weighted by Crippen LogP contribution is -2.55. The number of fused-ring (bicyclic) bond motifs is 1. The maximum Gasteiger partial charge on any atom is 0.258 e. The Kier molecular flexibility index (Phi) is 6.05. The van der Waals surface area contributed by atoms with Crippen LogP contribution in [0.3, 0.4) is 0 Å². The molecule has 6 heteroatoms. The number of amides is 2. The molecular weight excluding hydrogens is 378 g/mol. The standard InChI is InChI=1S/C24H35N3O3/c1-17-8-9-21-19(14-17)23(29)27(16-24(30-21)10-12-26(3)13-11-24)15-22(28)25-20-7-5-4-6-18(20)2/h8-9,14,18,20H,4-7,10-13,15-16H2,1-3H3,(H,25,28). The van der Waals surface area contributed by atoms with Crippen molar-refractivity contribution in [2.75, 3.05) is 33.2 Å². The van der Waals surface area contributed by atoms with Crippen LogP contribution in [0.25, 0.3) is 0 Å². The first-order valence-corrected chi connectivity index (χ1v) is 11.4. The lowest BCUT2D eigenvalue weighted by Gasteiger charge is -2.41. The number of rotatable bonds is 3. The van der Waals surface area contributed by atoms with Gasteiger partial charge in [0.1, 0.15) is 17.9 Å². The summed E-state index contributed by atoms with van der Waals surface area (Å²) in [5, 5.41) is 3.21. The summed E-state index contributed by atoms with van der Waals surface area (Å²) in [5.74, 6) is 0.992. The van der Waals surface area contributed by atoms with Gasteiger partial charge in [-0.3, -0.25) is 9.59 Å². The molecule has 0 bridgehead atoms. The zero-order valence-electron chi connectivity index (χ0n) is 18.6. The van der Waals surface area contributed by atoms with E-state index in [1.807, 2.05) is 25.1 Å². The highest BCUT2D eigenvalue weighted by molar-refractivity contribution is 5.99. The van der Waals surface area contributed by atoms with Gasteiger partial charge in [0.25, 0.3) is 5.91 Å². The number of piperidine rings is 1. The fourth-order valence-corrected chi connectivity index (χ4v) is 5.13. The van der Waals surface area contributed by atoms with Gasteiger partial charge in [-0.2, -0.15) is 0 Å². The summed E-state index contributed by atoms with van der Waals surface area (Å²) in [6, 6.07) is 6.01. The minimum atomic E-state index is -0.429. The van der Waals surface area contributed by atoms with Crippen molar-refractivity contribution in [2.45, 2.75) is 64.0 Å². The fourth-order valence-electron chi connectivity index (χ4n) is 5.13. The summed E-state index contributed by atoms with van der Waals surface area (Å²) in [6.07, 6.45) is 6.29. The molecule has 30 heavy (non-hydrogen) atoms. The molecule has 0 radical (unpaired) electrons. The van der Waals surface area contributed by atoms with Gasteiger partial charge >= 0.3 is 0 Å². The molecule has 2 aliphatic heterocycles. The summed E-state index contributed by atoms with van der Waals surface area (Å²) >= 11 is 0. The predicted molar refractivity (Wildman–Crippen MR) is 117 cm³/mol. The van der Waals surface area contributed by atoms with Crippen molar-refractivity contribution in [3.05, 3.63) is 29.3 Å². The first-order chi connectivity index (χ1) is 14.3. The van der Waals surface area contributed by atoms with Gasteiger partial charge in [-0.15, -0.1) is 0 Å². The normalized spacial score (nSPS) is 26.6. The molecule has 4 rings (SSSR count). The van der Waals surface area contributed by atoms with E-state index in [0.717, 1.165) is 50.8 Å². The van der Waals surface area contributed by atoms with Gasteiger partial charge in [0.15, 0.2) is 0 Å². The van der Waals surface area contributed by atoms with Crippen LogP contribution in [-0.4, -0.2) is 66.5 Å². The number of likely N-dealkylation sites (tertiary alicyclic amines) is 1. The minimum absolute atomic E-state index is 0.0544. The molecule has 1 saturated carbocycles. The van der Waals surface area contributed by atoms with Crippen LogP contribution in [0.2, 0.25) is 0 Å². The van der Waals surface area contributed by atoms with Gasteiger partial charge in [-0.25, -0.2) is 0 Å². The summed E-state index contributed by atoms with van der Waals surface area (Å²) < 4.78 is 6.52. The number of aryl methyl sites for hydroxylation is 1. The molecule has 1 spiro atoms. The Labute approximate surface area is 179 Å². The third-order valence-corrected chi connectivity index (χ3v) is 7.15. The SMILES string of the molecule is Cc1ccc2c(c1)C(=O)N(CC(=O)NC1CCCCC1C)CC1(CCN(C)CC1)O2. The number of carbonyl (C=O) groups is 2. The van der Waals surface area contributed by atoms with E-state index in [9.17, 15) is 9.59 Å². The maximum atomic E-state index is 13.4. The summed E-state index contributed by atoms with van der Waals surface area (Å²) in [6.45, 7) is 6.59. The summed E-state index contributed by atoms with van der Waals surface area (Å²) in [5.41, 5.74) is 1.16. The molecule has 0 aromatic heterocycles. The topological polar surface area (TPSA) is 61.9 Å². The molecule has 1 aromatic carbocycles. The first-order valence-electron chi connectivity index (χ1n) is 11.4. The van der Waals surface area contributed by atoms with E-state index in [-0.39, 0.29) is 24.4 Å². The number of benzene rings is 1. The molecule has 2 amide bonds. The number of hydrogen-bond donors (Lipinski definition) is 1. The maximum absolute atomic E-state index is 13.4. The van der Waals surface area contributed by atoms with Crippen molar-refractivity contribution >= 4 is 11.8 Å². The number of carbonyl (C=O) groups excluding carboxylic acids is 2. The second kappa shape index (κ2) is 8.58. The molecule has 1 aliphatic carbocycles. The second-order valence-corrected chi connectivity index (χ2v) is 9.68. The van der Waals surface area contributed by atoms with Crippen molar-refractivity contribution in [1.82, 2.24) is 15.1 Å². The predicted octanol–water partition coefficient (Wildman–Crippen LogP) is 2.99. The van der Waals surface area contributed by atoms with Gasteiger partial charge in [-0.05, 0) is 44.9 Å². The average Bonchev–Trinajstić information content (AvgIpc) is 2.82. The van der Waals surface area contributed by atoms with E-state index >= 15 is 0 Å². The van der Waals surface area contributed by atoms with E-state index in [4.69, 9.17) is 4.74 Å². The van der Waals surface area contributed by atoms with Crippen LogP contribution in [0.1, 0.15) is 61.4 Å². The first kappa shape index (κ1) is 21.2. The Morgan fingerprint density at radius 1 is 1.23 bits per heavy atom. The molecule has 164 valence electrons. The van der Waals surface area contributed by atoms with E-state index in [0.29, 0.717) is 23.8 Å². The molecule has 2 unspecified atom stereocenters. The molecule has 2 heterocycles. The highest BCUT2D eigenvalue weighted by Gasteiger charge is 2.43. The van der Waals surface area contributed by atoms with Crippen molar-refractivity contribution in [3.63, 3.8) is 0 Å². The number of ether oxygens (including phenoxy) is 1. The van der Waals surface area contributed by atoms with Gasteiger partial charge in [0.05, 0.1) is 12.1 Å². The van der Waals surface area contributed by atoms with E-state index in [2.05, 4.69) is 24.2 Å².